The standard InChI is InChI=1S/C17H18N2O3/c1-3-22-15-10-6-4-8-13(15)12-18-19-17(20)14-9-5-7-11-16(14)21-2/h4-12H,3H2,1-2H3,(H,19,20)/b18-12-. The molecule has 5 nitrogen and oxygen atoms in total. The van der Waals surface area contributed by atoms with Crippen molar-refractivity contribution in [3.05, 3.63) is 59.7 Å². The maximum atomic E-state index is 12.1. The van der Waals surface area contributed by atoms with Crippen LogP contribution in [-0.2, 0) is 0 Å². The predicted octanol–water partition coefficient (Wildman–Crippen LogP) is 2.86. The minimum atomic E-state index is -0.331. The number of rotatable bonds is 6. The van der Waals surface area contributed by atoms with Gasteiger partial charge in [0.15, 0.2) is 0 Å². The Hall–Kier alpha value is -2.82. The minimum Gasteiger partial charge on any atom is -0.496 e. The van der Waals surface area contributed by atoms with Crippen LogP contribution < -0.4 is 14.9 Å². The Kier molecular flexibility index (Phi) is 5.54. The molecule has 0 atom stereocenters. The van der Waals surface area contributed by atoms with Gasteiger partial charge in [-0.2, -0.15) is 5.10 Å². The molecule has 2 aromatic carbocycles. The van der Waals surface area contributed by atoms with E-state index in [1.165, 1.54) is 7.11 Å². The zero-order valence-corrected chi connectivity index (χ0v) is 12.6. The lowest BCUT2D eigenvalue weighted by Gasteiger charge is -2.07. The normalized spacial score (nSPS) is 10.5. The molecule has 0 heterocycles. The summed E-state index contributed by atoms with van der Waals surface area (Å²) in [7, 11) is 1.52. The van der Waals surface area contributed by atoms with E-state index < -0.39 is 0 Å². The molecule has 0 saturated carbocycles. The summed E-state index contributed by atoms with van der Waals surface area (Å²) in [6, 6.07) is 14.5. The summed E-state index contributed by atoms with van der Waals surface area (Å²) in [5.74, 6) is 0.896. The van der Waals surface area contributed by atoms with E-state index in [1.807, 2.05) is 31.2 Å². The molecule has 22 heavy (non-hydrogen) atoms. The van der Waals surface area contributed by atoms with Crippen molar-refractivity contribution in [3.8, 4) is 11.5 Å². The number of methoxy groups -OCH3 is 1. The molecule has 0 saturated heterocycles. The highest BCUT2D eigenvalue weighted by Crippen LogP contribution is 2.17. The molecule has 0 aliphatic rings. The molecular weight excluding hydrogens is 280 g/mol. The highest BCUT2D eigenvalue weighted by atomic mass is 16.5. The minimum absolute atomic E-state index is 0.331. The van der Waals surface area contributed by atoms with Gasteiger partial charge in [0.25, 0.3) is 5.91 Å². The zero-order valence-electron chi connectivity index (χ0n) is 12.6. The number of carbonyl (C=O) groups is 1. The first-order chi connectivity index (χ1) is 10.8. The number of amides is 1. The van der Waals surface area contributed by atoms with E-state index in [4.69, 9.17) is 9.47 Å². The average Bonchev–Trinajstić information content (AvgIpc) is 2.56. The van der Waals surface area contributed by atoms with Gasteiger partial charge >= 0.3 is 0 Å². The molecule has 0 aliphatic heterocycles. The number of carbonyl (C=O) groups excluding carboxylic acids is 1. The highest BCUT2D eigenvalue weighted by Gasteiger charge is 2.10. The van der Waals surface area contributed by atoms with Gasteiger partial charge in [0.2, 0.25) is 0 Å². The molecule has 0 radical (unpaired) electrons. The van der Waals surface area contributed by atoms with Gasteiger partial charge in [0, 0.05) is 5.56 Å². The average molecular weight is 298 g/mol. The fraction of sp³-hybridized carbons (Fsp3) is 0.176. The first kappa shape index (κ1) is 15.6. The molecule has 0 fully saturated rings. The third-order valence-corrected chi connectivity index (χ3v) is 2.94. The third-order valence-electron chi connectivity index (χ3n) is 2.94. The van der Waals surface area contributed by atoms with Crippen molar-refractivity contribution in [3.63, 3.8) is 0 Å². The molecule has 0 aromatic heterocycles. The number of nitrogens with zero attached hydrogens (tertiary/aromatic N) is 1. The molecule has 0 aliphatic carbocycles. The molecule has 0 unspecified atom stereocenters. The van der Waals surface area contributed by atoms with Crippen LogP contribution in [0, 0.1) is 0 Å². The van der Waals surface area contributed by atoms with Gasteiger partial charge in [-0.1, -0.05) is 24.3 Å². The van der Waals surface area contributed by atoms with Gasteiger partial charge in [-0.25, -0.2) is 5.43 Å². The summed E-state index contributed by atoms with van der Waals surface area (Å²) >= 11 is 0. The number of benzene rings is 2. The van der Waals surface area contributed by atoms with Crippen molar-refractivity contribution in [2.75, 3.05) is 13.7 Å². The van der Waals surface area contributed by atoms with Gasteiger partial charge in [0.1, 0.15) is 11.5 Å². The highest BCUT2D eigenvalue weighted by molar-refractivity contribution is 5.97. The van der Waals surface area contributed by atoms with Crippen LogP contribution in [0.2, 0.25) is 0 Å². The van der Waals surface area contributed by atoms with Crippen molar-refractivity contribution >= 4 is 12.1 Å². The van der Waals surface area contributed by atoms with Crippen LogP contribution in [0.25, 0.3) is 0 Å². The van der Waals surface area contributed by atoms with Crippen LogP contribution in [0.15, 0.2) is 53.6 Å². The van der Waals surface area contributed by atoms with E-state index >= 15 is 0 Å². The summed E-state index contributed by atoms with van der Waals surface area (Å²) in [5, 5.41) is 3.98. The van der Waals surface area contributed by atoms with Crippen molar-refractivity contribution in [1.82, 2.24) is 5.43 Å². The first-order valence-electron chi connectivity index (χ1n) is 6.94. The Labute approximate surface area is 129 Å². The third kappa shape index (κ3) is 3.85. The second kappa shape index (κ2) is 7.83. The summed E-state index contributed by atoms with van der Waals surface area (Å²) < 4.78 is 10.6. The largest absolute Gasteiger partial charge is 0.496 e. The van der Waals surface area contributed by atoms with Gasteiger partial charge in [0.05, 0.1) is 25.5 Å². The van der Waals surface area contributed by atoms with E-state index in [0.717, 1.165) is 11.3 Å². The number of hydrogen-bond acceptors (Lipinski definition) is 4. The quantitative estimate of drug-likeness (QED) is 0.659. The Morgan fingerprint density at radius 2 is 1.82 bits per heavy atom. The number of nitrogens with one attached hydrogen (secondary N) is 1. The summed E-state index contributed by atoms with van der Waals surface area (Å²) in [4.78, 5) is 12.1. The molecule has 5 heteroatoms. The van der Waals surface area contributed by atoms with Crippen molar-refractivity contribution < 1.29 is 14.3 Å². The van der Waals surface area contributed by atoms with Crippen LogP contribution in [0.4, 0.5) is 0 Å². The molecule has 0 spiro atoms. The lowest BCUT2D eigenvalue weighted by molar-refractivity contribution is 0.0952. The number of hydrazone groups is 1. The van der Waals surface area contributed by atoms with Gasteiger partial charge in [-0.15, -0.1) is 0 Å². The Morgan fingerprint density at radius 1 is 1.14 bits per heavy atom. The van der Waals surface area contributed by atoms with Crippen LogP contribution >= 0.6 is 0 Å². The van der Waals surface area contributed by atoms with Crippen LogP contribution in [-0.4, -0.2) is 25.8 Å². The van der Waals surface area contributed by atoms with Crippen LogP contribution in [0.5, 0.6) is 11.5 Å². The molecule has 2 rings (SSSR count). The summed E-state index contributed by atoms with van der Waals surface area (Å²) in [6.07, 6.45) is 1.55. The smallest absolute Gasteiger partial charge is 0.275 e. The number of ether oxygens (including phenoxy) is 2. The van der Waals surface area contributed by atoms with E-state index in [1.54, 1.807) is 30.5 Å². The lowest BCUT2D eigenvalue weighted by atomic mass is 10.2. The van der Waals surface area contributed by atoms with Crippen molar-refractivity contribution in [2.45, 2.75) is 6.92 Å². The van der Waals surface area contributed by atoms with Crippen LogP contribution in [0.1, 0.15) is 22.8 Å². The molecule has 0 bridgehead atoms. The monoisotopic (exact) mass is 298 g/mol. The van der Waals surface area contributed by atoms with Crippen molar-refractivity contribution in [1.29, 1.82) is 0 Å². The van der Waals surface area contributed by atoms with E-state index in [9.17, 15) is 4.79 Å². The zero-order chi connectivity index (χ0) is 15.8. The Morgan fingerprint density at radius 3 is 2.55 bits per heavy atom. The maximum absolute atomic E-state index is 12.1. The molecule has 1 N–H and O–H groups in total. The maximum Gasteiger partial charge on any atom is 0.275 e. The number of para-hydroxylation sites is 2. The second-order valence-corrected chi connectivity index (χ2v) is 4.37. The fourth-order valence-electron chi connectivity index (χ4n) is 1.93. The predicted molar refractivity (Wildman–Crippen MR) is 85.7 cm³/mol. The Bertz CT molecular complexity index is 668. The lowest BCUT2D eigenvalue weighted by Crippen LogP contribution is -2.18. The molecule has 2 aromatic rings. The first-order valence-corrected chi connectivity index (χ1v) is 6.94. The number of hydrogen-bond donors (Lipinski definition) is 1. The molecular formula is C17H18N2O3. The van der Waals surface area contributed by atoms with E-state index in [2.05, 4.69) is 10.5 Å². The van der Waals surface area contributed by atoms with E-state index in [0.29, 0.717) is 17.9 Å². The van der Waals surface area contributed by atoms with Gasteiger partial charge < -0.3 is 9.47 Å². The second-order valence-electron chi connectivity index (χ2n) is 4.37. The topological polar surface area (TPSA) is 59.9 Å². The SMILES string of the molecule is CCOc1ccccc1/C=N\NC(=O)c1ccccc1OC. The summed E-state index contributed by atoms with van der Waals surface area (Å²) in [6.45, 7) is 2.48. The fourth-order valence-corrected chi connectivity index (χ4v) is 1.93. The van der Waals surface area contributed by atoms with E-state index in [-0.39, 0.29) is 5.91 Å². The van der Waals surface area contributed by atoms with Crippen molar-refractivity contribution in [2.24, 2.45) is 5.10 Å². The Balaban J connectivity index is 2.08. The van der Waals surface area contributed by atoms with Crippen LogP contribution in [0.3, 0.4) is 0 Å². The molecule has 114 valence electrons. The molecule has 1 amide bonds. The summed E-state index contributed by atoms with van der Waals surface area (Å²) in [5.41, 5.74) is 3.71. The van der Waals surface area contributed by atoms with Gasteiger partial charge in [-0.3, -0.25) is 4.79 Å². The van der Waals surface area contributed by atoms with Gasteiger partial charge in [-0.05, 0) is 31.2 Å².